The Morgan fingerprint density at radius 3 is 2.57 bits per heavy atom. The van der Waals surface area contributed by atoms with Gasteiger partial charge < -0.3 is 14.6 Å². The van der Waals surface area contributed by atoms with Crippen LogP contribution in [0.2, 0.25) is 0 Å². The molecule has 3 rings (SSSR count). The molecule has 2 aromatic carbocycles. The molecule has 0 radical (unpaired) electrons. The first-order valence-electron chi connectivity index (χ1n) is 7.08. The molecule has 0 unspecified atom stereocenters. The highest BCUT2D eigenvalue weighted by Gasteiger charge is 2.13. The van der Waals surface area contributed by atoms with Crippen LogP contribution in [-0.2, 0) is 0 Å². The first kappa shape index (κ1) is 14.8. The highest BCUT2D eigenvalue weighted by molar-refractivity contribution is 5.94. The molecule has 23 heavy (non-hydrogen) atoms. The fourth-order valence-corrected chi connectivity index (χ4v) is 2.15. The third-order valence-electron chi connectivity index (χ3n) is 3.33. The van der Waals surface area contributed by atoms with Crippen LogP contribution in [0, 0.1) is 0 Å². The summed E-state index contributed by atoms with van der Waals surface area (Å²) in [6.45, 7) is 4.92. The largest absolute Gasteiger partial charge is 0.508 e. The summed E-state index contributed by atoms with van der Waals surface area (Å²) in [5.74, 6) is 0.996. The zero-order valence-corrected chi connectivity index (χ0v) is 12.3. The standard InChI is InChI=1S/C17H16N2O4/c1-11(12-5-6-15-16(10-12)23-8-7-22-15)18-19-17(21)13-3-2-4-14(20)9-13/h2-6,9-10,18,20H,1,7-8H2,(H,19,21). The molecule has 6 heteroatoms. The van der Waals surface area contributed by atoms with Gasteiger partial charge in [-0.3, -0.25) is 15.6 Å². The van der Waals surface area contributed by atoms with Crippen molar-refractivity contribution in [2.75, 3.05) is 13.2 Å². The molecule has 0 aromatic heterocycles. The quantitative estimate of drug-likeness (QED) is 0.753. The van der Waals surface area contributed by atoms with Gasteiger partial charge in [0, 0.05) is 11.1 Å². The molecule has 0 fully saturated rings. The lowest BCUT2D eigenvalue weighted by atomic mass is 10.1. The normalized spacial score (nSPS) is 12.3. The van der Waals surface area contributed by atoms with E-state index in [2.05, 4.69) is 17.4 Å². The highest BCUT2D eigenvalue weighted by atomic mass is 16.6. The molecule has 3 N–H and O–H groups in total. The molecule has 1 aliphatic heterocycles. The molecule has 6 nitrogen and oxygen atoms in total. The maximum absolute atomic E-state index is 12.0. The average molecular weight is 312 g/mol. The Morgan fingerprint density at radius 2 is 1.78 bits per heavy atom. The second-order valence-electron chi connectivity index (χ2n) is 4.97. The number of benzene rings is 2. The zero-order chi connectivity index (χ0) is 16.2. The minimum Gasteiger partial charge on any atom is -0.508 e. The van der Waals surface area contributed by atoms with Gasteiger partial charge >= 0.3 is 0 Å². The van der Waals surface area contributed by atoms with Crippen molar-refractivity contribution < 1.29 is 19.4 Å². The summed E-state index contributed by atoms with van der Waals surface area (Å²) in [6.07, 6.45) is 0. The van der Waals surface area contributed by atoms with Gasteiger partial charge in [0.2, 0.25) is 0 Å². The van der Waals surface area contributed by atoms with Crippen LogP contribution in [0.3, 0.4) is 0 Å². The predicted molar refractivity (Wildman–Crippen MR) is 85.2 cm³/mol. The average Bonchev–Trinajstić information content (AvgIpc) is 2.59. The van der Waals surface area contributed by atoms with Crippen molar-refractivity contribution in [3.8, 4) is 17.2 Å². The Hall–Kier alpha value is -3.15. The number of nitrogens with one attached hydrogen (secondary N) is 2. The monoisotopic (exact) mass is 312 g/mol. The first-order chi connectivity index (χ1) is 11.1. The molecular formula is C17H16N2O4. The second-order valence-corrected chi connectivity index (χ2v) is 4.97. The summed E-state index contributed by atoms with van der Waals surface area (Å²) in [4.78, 5) is 12.0. The molecule has 0 saturated heterocycles. The number of amides is 1. The molecule has 0 atom stereocenters. The summed E-state index contributed by atoms with van der Waals surface area (Å²) in [6, 6.07) is 11.5. The molecular weight excluding hydrogens is 296 g/mol. The lowest BCUT2D eigenvalue weighted by molar-refractivity contribution is 0.0942. The summed E-state index contributed by atoms with van der Waals surface area (Å²) >= 11 is 0. The minimum atomic E-state index is -0.375. The van der Waals surface area contributed by atoms with Gasteiger partial charge in [-0.2, -0.15) is 0 Å². The number of fused-ring (bicyclic) bond motifs is 1. The number of aromatic hydroxyl groups is 1. The van der Waals surface area contributed by atoms with E-state index in [0.29, 0.717) is 36.0 Å². The number of hydrazine groups is 1. The lowest BCUT2D eigenvalue weighted by Crippen LogP contribution is -2.35. The van der Waals surface area contributed by atoms with E-state index in [4.69, 9.17) is 9.47 Å². The van der Waals surface area contributed by atoms with Crippen LogP contribution in [0.4, 0.5) is 0 Å². The van der Waals surface area contributed by atoms with E-state index in [1.165, 1.54) is 12.1 Å². The summed E-state index contributed by atoms with van der Waals surface area (Å²) in [5, 5.41) is 9.39. The smallest absolute Gasteiger partial charge is 0.269 e. The van der Waals surface area contributed by atoms with E-state index in [9.17, 15) is 9.90 Å². The van der Waals surface area contributed by atoms with Crippen LogP contribution < -0.4 is 20.3 Å². The van der Waals surface area contributed by atoms with E-state index in [1.807, 2.05) is 6.07 Å². The van der Waals surface area contributed by atoms with E-state index in [1.54, 1.807) is 24.3 Å². The molecule has 0 spiro atoms. The number of ether oxygens (including phenoxy) is 2. The Labute approximate surface area is 133 Å². The van der Waals surface area contributed by atoms with E-state index in [-0.39, 0.29) is 11.7 Å². The molecule has 0 saturated carbocycles. The number of hydrogen-bond acceptors (Lipinski definition) is 5. The number of phenolic OH excluding ortho intramolecular Hbond substituents is 1. The van der Waals surface area contributed by atoms with Crippen molar-refractivity contribution in [1.82, 2.24) is 10.9 Å². The van der Waals surface area contributed by atoms with Gasteiger partial charge in [-0.15, -0.1) is 0 Å². The topological polar surface area (TPSA) is 79.8 Å². The Balaban J connectivity index is 1.64. The molecule has 1 aliphatic rings. The van der Waals surface area contributed by atoms with Gasteiger partial charge in [0.1, 0.15) is 19.0 Å². The van der Waals surface area contributed by atoms with E-state index in [0.717, 1.165) is 5.56 Å². The van der Waals surface area contributed by atoms with Gasteiger partial charge in [-0.05, 0) is 36.4 Å². The summed E-state index contributed by atoms with van der Waals surface area (Å²) in [5.41, 5.74) is 6.90. The molecule has 0 aliphatic carbocycles. The Bertz CT molecular complexity index is 758. The van der Waals surface area contributed by atoms with Crippen LogP contribution in [0.15, 0.2) is 49.0 Å². The third-order valence-corrected chi connectivity index (χ3v) is 3.33. The van der Waals surface area contributed by atoms with Crippen molar-refractivity contribution >= 4 is 11.6 Å². The maximum atomic E-state index is 12.0. The summed E-state index contributed by atoms with van der Waals surface area (Å²) in [7, 11) is 0. The van der Waals surface area contributed by atoms with Crippen LogP contribution in [0.25, 0.3) is 5.70 Å². The van der Waals surface area contributed by atoms with E-state index < -0.39 is 0 Å². The first-order valence-corrected chi connectivity index (χ1v) is 7.08. The number of phenols is 1. The van der Waals surface area contributed by atoms with Crippen molar-refractivity contribution in [3.05, 3.63) is 60.2 Å². The van der Waals surface area contributed by atoms with Crippen molar-refractivity contribution in [1.29, 1.82) is 0 Å². The fraction of sp³-hybridized carbons (Fsp3) is 0.118. The number of carbonyl (C=O) groups excluding carboxylic acids is 1. The van der Waals surface area contributed by atoms with Crippen LogP contribution in [-0.4, -0.2) is 24.2 Å². The van der Waals surface area contributed by atoms with Gasteiger partial charge in [-0.1, -0.05) is 12.6 Å². The van der Waals surface area contributed by atoms with Crippen LogP contribution >= 0.6 is 0 Å². The Kier molecular flexibility index (Phi) is 4.05. The maximum Gasteiger partial charge on any atom is 0.269 e. The zero-order valence-electron chi connectivity index (χ0n) is 12.3. The number of carbonyl (C=O) groups is 1. The third kappa shape index (κ3) is 3.37. The molecule has 1 heterocycles. The fourth-order valence-electron chi connectivity index (χ4n) is 2.15. The predicted octanol–water partition coefficient (Wildman–Crippen LogP) is 2.07. The number of rotatable bonds is 4. The van der Waals surface area contributed by atoms with Crippen molar-refractivity contribution in [2.45, 2.75) is 0 Å². The summed E-state index contributed by atoms with van der Waals surface area (Å²) < 4.78 is 11.0. The van der Waals surface area contributed by atoms with Gasteiger partial charge in [0.25, 0.3) is 5.91 Å². The Morgan fingerprint density at radius 1 is 1.00 bits per heavy atom. The van der Waals surface area contributed by atoms with Crippen molar-refractivity contribution in [2.24, 2.45) is 0 Å². The molecule has 0 bridgehead atoms. The molecule has 2 aromatic rings. The SMILES string of the molecule is C=C(NNC(=O)c1cccc(O)c1)c1ccc2c(c1)OCCO2. The van der Waals surface area contributed by atoms with Crippen molar-refractivity contribution in [3.63, 3.8) is 0 Å². The van der Waals surface area contributed by atoms with Gasteiger partial charge in [-0.25, -0.2) is 0 Å². The minimum absolute atomic E-state index is 0.0308. The molecule has 118 valence electrons. The van der Waals surface area contributed by atoms with Crippen LogP contribution in [0.5, 0.6) is 17.2 Å². The lowest BCUT2D eigenvalue weighted by Gasteiger charge is -2.19. The van der Waals surface area contributed by atoms with E-state index >= 15 is 0 Å². The second kappa shape index (κ2) is 6.31. The van der Waals surface area contributed by atoms with Gasteiger partial charge in [0.15, 0.2) is 11.5 Å². The van der Waals surface area contributed by atoms with Gasteiger partial charge in [0.05, 0.1) is 5.70 Å². The van der Waals surface area contributed by atoms with Crippen LogP contribution in [0.1, 0.15) is 15.9 Å². The molecule has 1 amide bonds. The highest BCUT2D eigenvalue weighted by Crippen LogP contribution is 2.32. The number of hydrogen-bond donors (Lipinski definition) is 3.